The smallest absolute Gasteiger partial charge is 0.0665 e. The summed E-state index contributed by atoms with van der Waals surface area (Å²) < 4.78 is 0. The van der Waals surface area contributed by atoms with E-state index in [0.29, 0.717) is 11.8 Å². The quantitative estimate of drug-likeness (QED) is 0.584. The van der Waals surface area contributed by atoms with Gasteiger partial charge in [0.2, 0.25) is 0 Å². The van der Waals surface area contributed by atoms with Crippen LogP contribution in [0.1, 0.15) is 22.6 Å². The molecule has 0 aliphatic heterocycles. The van der Waals surface area contributed by atoms with Crippen LogP contribution < -0.4 is 0 Å². The first-order valence-electron chi connectivity index (χ1n) is 5.47. The van der Waals surface area contributed by atoms with Gasteiger partial charge in [0.05, 0.1) is 12.0 Å². The minimum atomic E-state index is 0.189. The van der Waals surface area contributed by atoms with E-state index < -0.39 is 0 Å². The first kappa shape index (κ1) is 8.73. The lowest BCUT2D eigenvalue weighted by atomic mass is 9.63. The minimum Gasteiger partial charge on any atom is -0.198 e. The van der Waals surface area contributed by atoms with Crippen molar-refractivity contribution < 1.29 is 0 Å². The molecule has 0 saturated heterocycles. The fourth-order valence-corrected chi connectivity index (χ4v) is 2.92. The van der Waals surface area contributed by atoms with E-state index in [1.54, 1.807) is 0 Å². The summed E-state index contributed by atoms with van der Waals surface area (Å²) >= 11 is 0. The summed E-state index contributed by atoms with van der Waals surface area (Å²) in [5.74, 6) is 1.18. The molecule has 0 fully saturated rings. The molecule has 1 aromatic carbocycles. The molecule has 0 spiro atoms. The standard InChI is InChI=1S/C14H13N/c1-9-3-2-4-10-7-11(8-15)12-5-6-13(12)14(9)10/h2-6,11-13H,7H2,1H3/t11-,12+,13+/m0/s1. The fraction of sp³-hybridized carbons (Fsp3) is 0.357. The predicted octanol–water partition coefficient (Wildman–Crippen LogP) is 2.96. The van der Waals surface area contributed by atoms with Crippen LogP contribution in [0.25, 0.3) is 0 Å². The van der Waals surface area contributed by atoms with Gasteiger partial charge >= 0.3 is 0 Å². The maximum atomic E-state index is 9.12. The Bertz CT molecular complexity index is 479. The molecule has 15 heavy (non-hydrogen) atoms. The highest BCUT2D eigenvalue weighted by Gasteiger charge is 2.38. The van der Waals surface area contributed by atoms with Crippen LogP contribution in [0.3, 0.4) is 0 Å². The average molecular weight is 195 g/mol. The van der Waals surface area contributed by atoms with E-state index in [1.807, 2.05) is 0 Å². The highest BCUT2D eigenvalue weighted by Crippen LogP contribution is 2.47. The molecule has 0 heterocycles. The third kappa shape index (κ3) is 1.08. The molecule has 2 aliphatic carbocycles. The second-order valence-corrected chi connectivity index (χ2v) is 4.58. The Balaban J connectivity index is 2.15. The van der Waals surface area contributed by atoms with Crippen LogP contribution in [0.15, 0.2) is 30.4 Å². The second-order valence-electron chi connectivity index (χ2n) is 4.58. The lowest BCUT2D eigenvalue weighted by molar-refractivity contribution is 0.380. The molecule has 1 heteroatoms. The van der Waals surface area contributed by atoms with Crippen molar-refractivity contribution in [3.05, 3.63) is 47.0 Å². The Labute approximate surface area is 90.0 Å². The monoisotopic (exact) mass is 195 g/mol. The van der Waals surface area contributed by atoms with Crippen molar-refractivity contribution >= 4 is 0 Å². The van der Waals surface area contributed by atoms with Crippen molar-refractivity contribution in [3.63, 3.8) is 0 Å². The summed E-state index contributed by atoms with van der Waals surface area (Å²) in [4.78, 5) is 0. The van der Waals surface area contributed by atoms with E-state index in [0.717, 1.165) is 6.42 Å². The Kier molecular flexibility index (Phi) is 1.73. The molecule has 0 radical (unpaired) electrons. The van der Waals surface area contributed by atoms with Gasteiger partial charge in [0.25, 0.3) is 0 Å². The summed E-state index contributed by atoms with van der Waals surface area (Å²) in [6, 6.07) is 8.90. The van der Waals surface area contributed by atoms with Gasteiger partial charge in [-0.05, 0) is 30.0 Å². The molecule has 3 atom stereocenters. The SMILES string of the molecule is Cc1cccc2c1[C@@H]1C=C[C@@H]1[C@H](C#N)C2. The normalized spacial score (nSPS) is 31.1. The topological polar surface area (TPSA) is 23.8 Å². The third-order valence-electron chi connectivity index (χ3n) is 3.77. The average Bonchev–Trinajstić information content (AvgIpc) is 2.19. The van der Waals surface area contributed by atoms with Gasteiger partial charge in [0.1, 0.15) is 0 Å². The van der Waals surface area contributed by atoms with Gasteiger partial charge in [-0.2, -0.15) is 5.26 Å². The Hall–Kier alpha value is -1.55. The molecule has 0 aromatic heterocycles. The molecule has 1 aromatic rings. The summed E-state index contributed by atoms with van der Waals surface area (Å²) in [6.45, 7) is 2.18. The molecule has 0 bridgehead atoms. The molecule has 0 saturated carbocycles. The van der Waals surface area contributed by atoms with Crippen molar-refractivity contribution in [2.45, 2.75) is 19.3 Å². The number of hydrogen-bond acceptors (Lipinski definition) is 1. The lowest BCUT2D eigenvalue weighted by Crippen LogP contribution is -2.32. The van der Waals surface area contributed by atoms with Crippen LogP contribution in [0.5, 0.6) is 0 Å². The summed E-state index contributed by atoms with van der Waals surface area (Å²) in [5.41, 5.74) is 4.24. The molecule has 1 nitrogen and oxygen atoms in total. The molecule has 0 unspecified atom stereocenters. The molecular weight excluding hydrogens is 182 g/mol. The van der Waals surface area contributed by atoms with Crippen molar-refractivity contribution in [3.8, 4) is 6.07 Å². The summed E-state index contributed by atoms with van der Waals surface area (Å²) in [7, 11) is 0. The van der Waals surface area contributed by atoms with Gasteiger partial charge < -0.3 is 0 Å². The predicted molar refractivity (Wildman–Crippen MR) is 59.4 cm³/mol. The van der Waals surface area contributed by atoms with E-state index in [-0.39, 0.29) is 5.92 Å². The van der Waals surface area contributed by atoms with Crippen molar-refractivity contribution in [1.82, 2.24) is 0 Å². The lowest BCUT2D eigenvalue weighted by Gasteiger charge is -2.40. The second kappa shape index (κ2) is 2.97. The number of nitriles is 1. The molecule has 0 amide bonds. The van der Waals surface area contributed by atoms with E-state index in [9.17, 15) is 0 Å². The highest BCUT2D eigenvalue weighted by atomic mass is 14.4. The number of benzene rings is 1. The van der Waals surface area contributed by atoms with Crippen LogP contribution in [-0.2, 0) is 6.42 Å². The molecule has 74 valence electrons. The van der Waals surface area contributed by atoms with Crippen LogP contribution in [0.4, 0.5) is 0 Å². The van der Waals surface area contributed by atoms with E-state index >= 15 is 0 Å². The maximum absolute atomic E-state index is 9.12. The van der Waals surface area contributed by atoms with Gasteiger partial charge in [-0.1, -0.05) is 30.4 Å². The van der Waals surface area contributed by atoms with Gasteiger partial charge in [-0.15, -0.1) is 0 Å². The zero-order valence-electron chi connectivity index (χ0n) is 8.77. The zero-order chi connectivity index (χ0) is 10.4. The van der Waals surface area contributed by atoms with Gasteiger partial charge in [0, 0.05) is 11.8 Å². The van der Waals surface area contributed by atoms with Crippen molar-refractivity contribution in [2.75, 3.05) is 0 Å². The third-order valence-corrected chi connectivity index (χ3v) is 3.77. The first-order valence-corrected chi connectivity index (χ1v) is 5.47. The molecule has 0 N–H and O–H groups in total. The van der Waals surface area contributed by atoms with Gasteiger partial charge in [-0.25, -0.2) is 0 Å². The number of fused-ring (bicyclic) bond motifs is 3. The van der Waals surface area contributed by atoms with Gasteiger partial charge in [-0.3, -0.25) is 0 Å². The van der Waals surface area contributed by atoms with Crippen LogP contribution in [-0.4, -0.2) is 0 Å². The van der Waals surface area contributed by atoms with Crippen molar-refractivity contribution in [1.29, 1.82) is 5.26 Å². The number of allylic oxidation sites excluding steroid dienone is 2. The number of aryl methyl sites for hydroxylation is 1. The zero-order valence-corrected chi connectivity index (χ0v) is 8.77. The molecule has 2 aliphatic rings. The first-order chi connectivity index (χ1) is 7.31. The van der Waals surface area contributed by atoms with E-state index in [2.05, 4.69) is 43.3 Å². The molecular formula is C14H13N. The van der Waals surface area contributed by atoms with Crippen LogP contribution >= 0.6 is 0 Å². The maximum Gasteiger partial charge on any atom is 0.0665 e. The summed E-state index contributed by atoms with van der Waals surface area (Å²) in [5, 5.41) is 9.12. The number of hydrogen-bond donors (Lipinski definition) is 0. The van der Waals surface area contributed by atoms with Crippen LogP contribution in [0, 0.1) is 30.1 Å². The highest BCUT2D eigenvalue weighted by molar-refractivity contribution is 5.47. The Morgan fingerprint density at radius 2 is 2.20 bits per heavy atom. The largest absolute Gasteiger partial charge is 0.198 e. The Morgan fingerprint density at radius 3 is 2.87 bits per heavy atom. The Morgan fingerprint density at radius 1 is 1.33 bits per heavy atom. The number of rotatable bonds is 0. The summed E-state index contributed by atoms with van der Waals surface area (Å²) in [6.07, 6.45) is 5.38. The molecule has 3 rings (SSSR count). The van der Waals surface area contributed by atoms with E-state index in [1.165, 1.54) is 16.7 Å². The number of nitrogens with zero attached hydrogens (tertiary/aromatic N) is 1. The minimum absolute atomic E-state index is 0.189. The fourth-order valence-electron chi connectivity index (χ4n) is 2.92. The van der Waals surface area contributed by atoms with Crippen molar-refractivity contribution in [2.24, 2.45) is 11.8 Å². The van der Waals surface area contributed by atoms with Gasteiger partial charge in [0.15, 0.2) is 0 Å². The van der Waals surface area contributed by atoms with E-state index in [4.69, 9.17) is 5.26 Å². The van der Waals surface area contributed by atoms with Crippen LogP contribution in [0.2, 0.25) is 0 Å².